The summed E-state index contributed by atoms with van der Waals surface area (Å²) < 4.78 is 36.1. The van der Waals surface area contributed by atoms with Gasteiger partial charge in [-0.1, -0.05) is 6.07 Å². The van der Waals surface area contributed by atoms with Gasteiger partial charge in [-0.25, -0.2) is 8.78 Å². The number of carbonyl (C=O) groups is 2. The van der Waals surface area contributed by atoms with Crippen LogP contribution in [0.4, 0.5) is 8.78 Å². The monoisotopic (exact) mass is 396 g/mol. The third-order valence-corrected chi connectivity index (χ3v) is 6.53. The second-order valence-corrected chi connectivity index (χ2v) is 8.53. The highest BCUT2D eigenvalue weighted by Crippen LogP contribution is 2.46. The lowest BCUT2D eigenvalue weighted by atomic mass is 9.93. The Balaban J connectivity index is 1.43. The number of likely N-dealkylation sites (tertiary alicyclic amines) is 2. The van der Waals surface area contributed by atoms with Gasteiger partial charge in [0.2, 0.25) is 11.6 Å². The van der Waals surface area contributed by atoms with E-state index in [9.17, 15) is 9.59 Å². The molecule has 0 bridgehead atoms. The van der Waals surface area contributed by atoms with Gasteiger partial charge >= 0.3 is 0 Å². The number of rotatable bonds is 4. The number of halogens is 2. The predicted molar refractivity (Wildman–Crippen MR) is 97.7 cm³/mol. The zero-order chi connectivity index (χ0) is 19.1. The molecule has 0 radical (unpaired) electrons. The molecule has 2 amide bonds. The largest absolute Gasteiger partial charge is 0.381 e. The maximum atomic E-state index is 15.4. The molecule has 4 heterocycles. The number of alkyl halides is 2. The van der Waals surface area contributed by atoms with E-state index in [1.54, 1.807) is 6.08 Å². The third kappa shape index (κ3) is 3.29. The molecule has 8 heteroatoms. The number of ether oxygens (including phenoxy) is 1. The molecule has 3 aliphatic heterocycles. The number of carbonyl (C=O) groups excluding carboxylic acids is 2. The molecule has 1 aromatic rings. The van der Waals surface area contributed by atoms with Crippen molar-refractivity contribution in [3.8, 4) is 0 Å². The first-order valence-corrected chi connectivity index (χ1v) is 10.0. The number of nitrogens with zero attached hydrogens (tertiary/aromatic N) is 2. The zero-order valence-corrected chi connectivity index (χ0v) is 15.7. The van der Waals surface area contributed by atoms with Crippen LogP contribution in [0.25, 0.3) is 6.08 Å². The lowest BCUT2D eigenvalue weighted by Crippen LogP contribution is -2.48. The third-order valence-electron chi connectivity index (χ3n) is 5.69. The molecule has 1 aromatic heterocycles. The van der Waals surface area contributed by atoms with Crippen molar-refractivity contribution in [1.82, 2.24) is 9.80 Å². The summed E-state index contributed by atoms with van der Waals surface area (Å²) in [6, 6.07) is 3.70. The fourth-order valence-corrected chi connectivity index (χ4v) is 4.75. The van der Waals surface area contributed by atoms with E-state index in [2.05, 4.69) is 0 Å². The Morgan fingerprint density at radius 1 is 1.30 bits per heavy atom. The van der Waals surface area contributed by atoms with Crippen molar-refractivity contribution in [3.05, 3.63) is 28.5 Å². The van der Waals surface area contributed by atoms with Crippen LogP contribution in [0, 0.1) is 5.92 Å². The van der Waals surface area contributed by atoms with E-state index in [1.807, 2.05) is 17.5 Å². The minimum absolute atomic E-state index is 0.209. The van der Waals surface area contributed by atoms with Crippen LogP contribution >= 0.6 is 11.3 Å². The molecule has 3 saturated heterocycles. The first-order chi connectivity index (χ1) is 12.9. The number of hydrogen-bond donors (Lipinski definition) is 0. The Morgan fingerprint density at radius 2 is 2.07 bits per heavy atom. The van der Waals surface area contributed by atoms with E-state index in [1.165, 1.54) is 22.3 Å². The topological polar surface area (TPSA) is 49.9 Å². The lowest BCUT2D eigenvalue weighted by molar-refractivity contribution is -0.140. The summed E-state index contributed by atoms with van der Waals surface area (Å²) in [5.74, 6) is -1.09. The van der Waals surface area contributed by atoms with Gasteiger partial charge in [-0.3, -0.25) is 9.59 Å². The van der Waals surface area contributed by atoms with Crippen molar-refractivity contribution in [2.24, 2.45) is 5.92 Å². The van der Waals surface area contributed by atoms with Gasteiger partial charge < -0.3 is 14.5 Å². The maximum absolute atomic E-state index is 15.4. The van der Waals surface area contributed by atoms with Crippen LogP contribution in [0.1, 0.15) is 17.7 Å². The lowest BCUT2D eigenvalue weighted by Gasteiger charge is -2.28. The van der Waals surface area contributed by atoms with E-state index in [-0.39, 0.29) is 12.5 Å². The van der Waals surface area contributed by atoms with Gasteiger partial charge in [0.15, 0.2) is 5.67 Å². The van der Waals surface area contributed by atoms with Crippen molar-refractivity contribution in [3.63, 3.8) is 0 Å². The van der Waals surface area contributed by atoms with E-state index in [0.29, 0.717) is 19.8 Å². The van der Waals surface area contributed by atoms with Crippen LogP contribution in [0.15, 0.2) is 23.6 Å². The molecular formula is C19H22F2N2O3S. The average molecular weight is 396 g/mol. The minimum atomic E-state index is -2.65. The van der Waals surface area contributed by atoms with Crippen molar-refractivity contribution in [2.75, 3.05) is 39.4 Å². The Bertz CT molecular complexity index is 750. The highest BCUT2D eigenvalue weighted by molar-refractivity contribution is 7.10. The molecule has 0 N–H and O–H groups in total. The van der Waals surface area contributed by atoms with Gasteiger partial charge in [0.05, 0.1) is 19.6 Å². The van der Waals surface area contributed by atoms with Gasteiger partial charge in [0.1, 0.15) is 0 Å². The fourth-order valence-electron chi connectivity index (χ4n) is 4.14. The SMILES string of the molecule is O=C(/C=C/c1cccs1)N1C[C@]2(F)CN(CC3CCOCC3)C(=O)[C@]2(F)C1. The first kappa shape index (κ1) is 18.6. The summed E-state index contributed by atoms with van der Waals surface area (Å²) in [5, 5.41) is 1.88. The van der Waals surface area contributed by atoms with Gasteiger partial charge in [-0.2, -0.15) is 0 Å². The van der Waals surface area contributed by atoms with Crippen LogP contribution in [-0.4, -0.2) is 72.3 Å². The van der Waals surface area contributed by atoms with Crippen molar-refractivity contribution in [2.45, 2.75) is 24.2 Å². The molecule has 3 aliphatic rings. The predicted octanol–water partition coefficient (Wildman–Crippen LogP) is 2.29. The molecule has 5 nitrogen and oxygen atoms in total. The summed E-state index contributed by atoms with van der Waals surface area (Å²) in [5.41, 5.74) is -4.99. The number of amides is 2. The van der Waals surface area contributed by atoms with Crippen molar-refractivity contribution in [1.29, 1.82) is 0 Å². The normalized spacial score (nSPS) is 31.9. The smallest absolute Gasteiger partial charge is 0.265 e. The van der Waals surface area contributed by atoms with E-state index in [0.717, 1.165) is 22.6 Å². The zero-order valence-electron chi connectivity index (χ0n) is 14.9. The molecule has 0 saturated carbocycles. The highest BCUT2D eigenvalue weighted by Gasteiger charge is 2.71. The Labute approximate surface area is 160 Å². The van der Waals surface area contributed by atoms with E-state index in [4.69, 9.17) is 4.74 Å². The first-order valence-electron chi connectivity index (χ1n) is 9.17. The fraction of sp³-hybridized carbons (Fsp3) is 0.579. The van der Waals surface area contributed by atoms with Gasteiger partial charge in [0.25, 0.3) is 5.91 Å². The quantitative estimate of drug-likeness (QED) is 0.734. The van der Waals surface area contributed by atoms with Gasteiger partial charge in [-0.05, 0) is 36.3 Å². The Hall–Kier alpha value is -1.80. The molecule has 27 heavy (non-hydrogen) atoms. The maximum Gasteiger partial charge on any atom is 0.265 e. The van der Waals surface area contributed by atoms with Gasteiger partial charge in [0, 0.05) is 30.7 Å². The number of hydrogen-bond acceptors (Lipinski definition) is 4. The standard InChI is InChI=1S/C19H22F2N2O3S/c20-18-11-22(10-14-5-7-26-8-6-14)17(25)19(18,21)13-23(12-18)16(24)4-3-15-2-1-9-27-15/h1-4,9,14H,5-8,10-13H2/b4-3+/t18-,19-/m1/s1. The number of fused-ring (bicyclic) bond motifs is 1. The second-order valence-electron chi connectivity index (χ2n) is 7.55. The highest BCUT2D eigenvalue weighted by atomic mass is 32.1. The summed E-state index contributed by atoms with van der Waals surface area (Å²) in [6.45, 7) is 0.372. The summed E-state index contributed by atoms with van der Waals surface area (Å²) in [6.07, 6.45) is 4.51. The van der Waals surface area contributed by atoms with Crippen LogP contribution in [0.3, 0.4) is 0 Å². The Kier molecular flexibility index (Phi) is 4.80. The van der Waals surface area contributed by atoms with Gasteiger partial charge in [-0.15, -0.1) is 11.3 Å². The molecular weight excluding hydrogens is 374 g/mol. The molecule has 0 spiro atoms. The minimum Gasteiger partial charge on any atom is -0.381 e. The number of thiophene rings is 1. The van der Waals surface area contributed by atoms with Crippen molar-refractivity contribution < 1.29 is 23.1 Å². The van der Waals surface area contributed by atoms with E-state index >= 15 is 8.78 Å². The van der Waals surface area contributed by atoms with Crippen LogP contribution in [-0.2, 0) is 14.3 Å². The molecule has 3 fully saturated rings. The van der Waals surface area contributed by atoms with E-state index < -0.39 is 36.2 Å². The summed E-state index contributed by atoms with van der Waals surface area (Å²) in [7, 11) is 0. The molecule has 2 atom stereocenters. The average Bonchev–Trinajstić information content (AvgIpc) is 3.30. The molecule has 4 rings (SSSR count). The summed E-state index contributed by atoms with van der Waals surface area (Å²) in [4.78, 5) is 28.2. The van der Waals surface area contributed by atoms with Crippen molar-refractivity contribution >= 4 is 29.2 Å². The summed E-state index contributed by atoms with van der Waals surface area (Å²) >= 11 is 1.46. The second kappa shape index (κ2) is 6.98. The Morgan fingerprint density at radius 3 is 2.74 bits per heavy atom. The molecule has 146 valence electrons. The molecule has 0 aliphatic carbocycles. The van der Waals surface area contributed by atoms with Crippen LogP contribution in [0.5, 0.6) is 0 Å². The molecule has 0 unspecified atom stereocenters. The van der Waals surface area contributed by atoms with Crippen LogP contribution < -0.4 is 0 Å². The molecule has 0 aromatic carbocycles. The van der Waals surface area contributed by atoms with Crippen LogP contribution in [0.2, 0.25) is 0 Å².